The van der Waals surface area contributed by atoms with Gasteiger partial charge in [0.2, 0.25) is 0 Å². The number of rotatable bonds is 5. The van der Waals surface area contributed by atoms with Gasteiger partial charge >= 0.3 is 0 Å². The van der Waals surface area contributed by atoms with Crippen LogP contribution in [0.25, 0.3) is 0 Å². The molecule has 1 fully saturated rings. The Morgan fingerprint density at radius 3 is 2.57 bits per heavy atom. The molecule has 1 heterocycles. The van der Waals surface area contributed by atoms with Crippen LogP contribution in [0.3, 0.4) is 0 Å². The molecule has 80 valence electrons. The molecule has 0 radical (unpaired) electrons. The lowest BCUT2D eigenvalue weighted by Gasteiger charge is -2.10. The first-order chi connectivity index (χ1) is 6.45. The van der Waals surface area contributed by atoms with Crippen LogP contribution in [0.5, 0.6) is 0 Å². The Bertz CT molecular complexity index is 232. The minimum absolute atomic E-state index is 0.0631. The molecule has 0 saturated carbocycles. The van der Waals surface area contributed by atoms with Crippen LogP contribution in [0, 0.1) is 17.2 Å². The van der Waals surface area contributed by atoms with Gasteiger partial charge in [-0.2, -0.15) is 5.26 Å². The maximum Gasteiger partial charge on any atom is 0.140 e. The molecule has 0 aliphatic carbocycles. The summed E-state index contributed by atoms with van der Waals surface area (Å²) in [4.78, 5) is 0. The lowest BCUT2D eigenvalue weighted by Crippen LogP contribution is -2.11. The van der Waals surface area contributed by atoms with E-state index in [9.17, 15) is 0 Å². The first-order valence-electron chi connectivity index (χ1n) is 5.21. The second kappa shape index (κ2) is 4.29. The maximum atomic E-state index is 9.12. The maximum absolute atomic E-state index is 9.12. The van der Waals surface area contributed by atoms with E-state index in [1.165, 1.54) is 0 Å². The SMILES string of the molecule is CC(CCC1OC1(C)C)CC(O)C#N. The van der Waals surface area contributed by atoms with Crippen molar-refractivity contribution in [2.45, 2.75) is 57.8 Å². The summed E-state index contributed by atoms with van der Waals surface area (Å²) in [6.07, 6.45) is 2.20. The normalized spacial score (nSPS) is 27.8. The smallest absolute Gasteiger partial charge is 0.140 e. The highest BCUT2D eigenvalue weighted by atomic mass is 16.6. The lowest BCUT2D eigenvalue weighted by atomic mass is 9.95. The van der Waals surface area contributed by atoms with Gasteiger partial charge in [-0.1, -0.05) is 6.92 Å². The van der Waals surface area contributed by atoms with Gasteiger partial charge < -0.3 is 9.84 Å². The Morgan fingerprint density at radius 1 is 1.57 bits per heavy atom. The van der Waals surface area contributed by atoms with Crippen molar-refractivity contribution in [3.8, 4) is 6.07 Å². The molecule has 0 spiro atoms. The number of nitriles is 1. The molecule has 3 unspecified atom stereocenters. The van der Waals surface area contributed by atoms with Crippen LogP contribution in [0.1, 0.15) is 40.0 Å². The van der Waals surface area contributed by atoms with E-state index in [0.29, 0.717) is 18.4 Å². The van der Waals surface area contributed by atoms with Gasteiger partial charge in [0.05, 0.1) is 17.8 Å². The van der Waals surface area contributed by atoms with Crippen molar-refractivity contribution < 1.29 is 9.84 Å². The molecule has 0 amide bonds. The molecule has 1 aliphatic rings. The average Bonchev–Trinajstić information content (AvgIpc) is 2.70. The van der Waals surface area contributed by atoms with E-state index < -0.39 is 6.10 Å². The van der Waals surface area contributed by atoms with Gasteiger partial charge in [0.1, 0.15) is 6.10 Å². The van der Waals surface area contributed by atoms with Crippen LogP contribution in [-0.4, -0.2) is 22.9 Å². The molecule has 0 aromatic rings. The summed E-state index contributed by atoms with van der Waals surface area (Å²) < 4.78 is 5.46. The predicted molar refractivity (Wildman–Crippen MR) is 53.6 cm³/mol. The van der Waals surface area contributed by atoms with Crippen LogP contribution in [-0.2, 0) is 4.74 Å². The largest absolute Gasteiger partial charge is 0.378 e. The standard InChI is InChI=1S/C11H19NO2/c1-8(6-9(13)7-12)4-5-10-11(2,3)14-10/h8-10,13H,4-6H2,1-3H3. The molecule has 3 atom stereocenters. The second-order valence-corrected chi connectivity index (χ2v) is 4.77. The Kier molecular flexibility index (Phi) is 3.52. The summed E-state index contributed by atoms with van der Waals surface area (Å²) in [5, 5.41) is 17.6. The number of ether oxygens (including phenoxy) is 1. The monoisotopic (exact) mass is 197 g/mol. The second-order valence-electron chi connectivity index (χ2n) is 4.77. The molecule has 1 N–H and O–H groups in total. The molecular weight excluding hydrogens is 178 g/mol. The highest BCUT2D eigenvalue weighted by molar-refractivity contribution is 4.94. The van der Waals surface area contributed by atoms with Crippen LogP contribution in [0.2, 0.25) is 0 Å². The fourth-order valence-electron chi connectivity index (χ4n) is 1.73. The zero-order chi connectivity index (χ0) is 10.8. The first-order valence-corrected chi connectivity index (χ1v) is 5.21. The summed E-state index contributed by atoms with van der Waals surface area (Å²) in [6, 6.07) is 1.84. The minimum Gasteiger partial charge on any atom is -0.378 e. The Labute approximate surface area is 85.7 Å². The van der Waals surface area contributed by atoms with Crippen molar-refractivity contribution >= 4 is 0 Å². The van der Waals surface area contributed by atoms with Crippen LogP contribution in [0.15, 0.2) is 0 Å². The molecular formula is C11H19NO2. The highest BCUT2D eigenvalue weighted by Crippen LogP contribution is 2.39. The summed E-state index contributed by atoms with van der Waals surface area (Å²) in [6.45, 7) is 6.24. The molecule has 1 aliphatic heterocycles. The van der Waals surface area contributed by atoms with Gasteiger partial charge in [0.25, 0.3) is 0 Å². The van der Waals surface area contributed by atoms with E-state index in [0.717, 1.165) is 12.8 Å². The van der Waals surface area contributed by atoms with Gasteiger partial charge in [-0.05, 0) is 39.0 Å². The number of hydrogen-bond acceptors (Lipinski definition) is 3. The third kappa shape index (κ3) is 3.28. The van der Waals surface area contributed by atoms with Gasteiger partial charge in [0.15, 0.2) is 0 Å². The topological polar surface area (TPSA) is 56.5 Å². The third-order valence-electron chi connectivity index (χ3n) is 2.86. The van der Waals surface area contributed by atoms with Crippen LogP contribution < -0.4 is 0 Å². The summed E-state index contributed by atoms with van der Waals surface area (Å²) in [5.74, 6) is 0.393. The molecule has 14 heavy (non-hydrogen) atoms. The number of hydrogen-bond donors (Lipinski definition) is 1. The van der Waals surface area contributed by atoms with Crippen molar-refractivity contribution in [2.75, 3.05) is 0 Å². The summed E-state index contributed by atoms with van der Waals surface area (Å²) >= 11 is 0. The van der Waals surface area contributed by atoms with Gasteiger partial charge in [-0.25, -0.2) is 0 Å². The van der Waals surface area contributed by atoms with Crippen LogP contribution in [0.4, 0.5) is 0 Å². The fourth-order valence-corrected chi connectivity index (χ4v) is 1.73. The lowest BCUT2D eigenvalue weighted by molar-refractivity contribution is 0.192. The molecule has 1 rings (SSSR count). The Hall–Kier alpha value is -0.590. The van der Waals surface area contributed by atoms with Crippen LogP contribution >= 0.6 is 0 Å². The van der Waals surface area contributed by atoms with E-state index in [2.05, 4.69) is 20.8 Å². The number of aliphatic hydroxyl groups excluding tert-OH is 1. The number of nitrogens with zero attached hydrogens (tertiary/aromatic N) is 1. The zero-order valence-electron chi connectivity index (χ0n) is 9.16. The van der Waals surface area contributed by atoms with E-state index in [-0.39, 0.29) is 5.60 Å². The molecule has 0 aromatic heterocycles. The average molecular weight is 197 g/mol. The van der Waals surface area contributed by atoms with Crippen molar-refractivity contribution in [1.82, 2.24) is 0 Å². The van der Waals surface area contributed by atoms with Gasteiger partial charge in [0, 0.05) is 0 Å². The predicted octanol–water partition coefficient (Wildman–Crippen LogP) is 1.85. The summed E-state index contributed by atoms with van der Waals surface area (Å²) in [5.41, 5.74) is 0.0631. The van der Waals surface area contributed by atoms with E-state index >= 15 is 0 Å². The molecule has 1 saturated heterocycles. The van der Waals surface area contributed by atoms with Crippen molar-refractivity contribution in [3.63, 3.8) is 0 Å². The number of aliphatic hydroxyl groups is 1. The van der Waals surface area contributed by atoms with Gasteiger partial charge in [-0.3, -0.25) is 0 Å². The number of epoxide rings is 1. The van der Waals surface area contributed by atoms with Crippen molar-refractivity contribution in [1.29, 1.82) is 5.26 Å². The molecule has 0 aromatic carbocycles. The fraction of sp³-hybridized carbons (Fsp3) is 0.909. The summed E-state index contributed by atoms with van der Waals surface area (Å²) in [7, 11) is 0. The zero-order valence-corrected chi connectivity index (χ0v) is 9.16. The minimum atomic E-state index is -0.807. The van der Waals surface area contributed by atoms with Crippen molar-refractivity contribution in [3.05, 3.63) is 0 Å². The van der Waals surface area contributed by atoms with Crippen molar-refractivity contribution in [2.24, 2.45) is 5.92 Å². The van der Waals surface area contributed by atoms with E-state index in [4.69, 9.17) is 15.1 Å². The Morgan fingerprint density at radius 2 is 2.14 bits per heavy atom. The van der Waals surface area contributed by atoms with E-state index in [1.54, 1.807) is 0 Å². The molecule has 3 heteroatoms. The highest BCUT2D eigenvalue weighted by Gasteiger charge is 2.46. The van der Waals surface area contributed by atoms with E-state index in [1.807, 2.05) is 6.07 Å². The van der Waals surface area contributed by atoms with Gasteiger partial charge in [-0.15, -0.1) is 0 Å². The Balaban J connectivity index is 2.11. The molecule has 0 bridgehead atoms. The molecule has 3 nitrogen and oxygen atoms in total. The quantitative estimate of drug-likeness (QED) is 0.540. The third-order valence-corrected chi connectivity index (χ3v) is 2.86. The first kappa shape index (κ1) is 11.5.